The van der Waals surface area contributed by atoms with E-state index in [1.807, 2.05) is 0 Å². The van der Waals surface area contributed by atoms with Crippen molar-refractivity contribution in [1.82, 2.24) is 10.0 Å². The van der Waals surface area contributed by atoms with Crippen LogP contribution in [0, 0.1) is 6.92 Å². The van der Waals surface area contributed by atoms with Crippen LogP contribution in [-0.4, -0.2) is 23.6 Å². The van der Waals surface area contributed by atoms with Crippen molar-refractivity contribution in [2.75, 3.05) is 13.6 Å². The fourth-order valence-electron chi connectivity index (χ4n) is 5.32. The molecule has 0 radical (unpaired) electrons. The van der Waals surface area contributed by atoms with E-state index in [4.69, 9.17) is 0 Å². The van der Waals surface area contributed by atoms with Crippen LogP contribution in [0.2, 0.25) is 0 Å². The van der Waals surface area contributed by atoms with Gasteiger partial charge < -0.3 is 5.01 Å². The van der Waals surface area contributed by atoms with Crippen LogP contribution >= 0.6 is 0 Å². The van der Waals surface area contributed by atoms with Crippen molar-refractivity contribution in [3.8, 4) is 0 Å². The van der Waals surface area contributed by atoms with Gasteiger partial charge >= 0.3 is 0 Å². The second-order valence-electron chi connectivity index (χ2n) is 10.6. The molecule has 0 bridgehead atoms. The van der Waals surface area contributed by atoms with Gasteiger partial charge in [-0.25, -0.2) is 5.01 Å². The van der Waals surface area contributed by atoms with Gasteiger partial charge in [0.15, 0.2) is 0 Å². The van der Waals surface area contributed by atoms with Crippen molar-refractivity contribution in [2.45, 2.75) is 54.0 Å². The highest BCUT2D eigenvalue weighted by Gasteiger charge is 2.36. The molecule has 3 aromatic carbocycles. The number of allylic oxidation sites excluding steroid dienone is 5. The summed E-state index contributed by atoms with van der Waals surface area (Å²) < 4.78 is 0. The first-order valence-electron chi connectivity index (χ1n) is 13.7. The van der Waals surface area contributed by atoms with Crippen LogP contribution in [0.4, 0.5) is 0 Å². The lowest BCUT2D eigenvalue weighted by atomic mass is 9.92. The first-order valence-corrected chi connectivity index (χ1v) is 13.7. The van der Waals surface area contributed by atoms with Gasteiger partial charge in [-0.1, -0.05) is 109 Å². The number of benzene rings is 3. The van der Waals surface area contributed by atoms with Crippen LogP contribution < -0.4 is 0 Å². The maximum atomic E-state index is 2.48. The molecular formula is C36H42N2. The van der Waals surface area contributed by atoms with Gasteiger partial charge in [0, 0.05) is 18.3 Å². The van der Waals surface area contributed by atoms with Crippen molar-refractivity contribution in [3.63, 3.8) is 0 Å². The molecule has 1 aliphatic heterocycles. The quantitative estimate of drug-likeness (QED) is 0.283. The summed E-state index contributed by atoms with van der Waals surface area (Å²) in [6, 6.07) is 28.8. The Bertz CT molecular complexity index is 1370. The monoisotopic (exact) mass is 502 g/mol. The van der Waals surface area contributed by atoms with Crippen molar-refractivity contribution in [3.05, 3.63) is 136 Å². The second kappa shape index (κ2) is 12.3. The molecule has 2 heteroatoms. The van der Waals surface area contributed by atoms with Gasteiger partial charge in [0.2, 0.25) is 0 Å². The van der Waals surface area contributed by atoms with Crippen LogP contribution in [0.5, 0.6) is 0 Å². The van der Waals surface area contributed by atoms with Crippen LogP contribution in [0.25, 0.3) is 17.2 Å². The highest BCUT2D eigenvalue weighted by atomic mass is 15.6. The van der Waals surface area contributed by atoms with E-state index >= 15 is 0 Å². The fourth-order valence-corrected chi connectivity index (χ4v) is 5.32. The summed E-state index contributed by atoms with van der Waals surface area (Å²) >= 11 is 0. The van der Waals surface area contributed by atoms with E-state index in [1.54, 1.807) is 0 Å². The van der Waals surface area contributed by atoms with Gasteiger partial charge in [-0.3, -0.25) is 0 Å². The lowest BCUT2D eigenvalue weighted by Crippen LogP contribution is -2.36. The lowest BCUT2D eigenvalue weighted by molar-refractivity contribution is 0.0497. The third kappa shape index (κ3) is 5.92. The van der Waals surface area contributed by atoms with Gasteiger partial charge in [-0.2, -0.15) is 0 Å². The molecule has 0 aliphatic carbocycles. The minimum absolute atomic E-state index is 0.169. The molecule has 0 saturated carbocycles. The molecule has 0 N–H and O–H groups in total. The van der Waals surface area contributed by atoms with E-state index in [0.717, 1.165) is 13.0 Å². The molecule has 0 spiro atoms. The number of hydrogen-bond acceptors (Lipinski definition) is 2. The number of aryl methyl sites for hydroxylation is 1. The number of nitrogens with zero attached hydrogens (tertiary/aromatic N) is 2. The highest BCUT2D eigenvalue weighted by molar-refractivity contribution is 5.77. The molecule has 0 fully saturated rings. The van der Waals surface area contributed by atoms with E-state index in [2.05, 4.69) is 156 Å². The first kappa shape index (κ1) is 27.4. The third-order valence-electron chi connectivity index (χ3n) is 7.69. The minimum atomic E-state index is 0.169. The molecule has 1 aliphatic rings. The summed E-state index contributed by atoms with van der Waals surface area (Å²) in [4.78, 5) is 0. The minimum Gasteiger partial charge on any atom is -0.305 e. The summed E-state index contributed by atoms with van der Waals surface area (Å²) in [5, 5.41) is 4.91. The number of likely N-dealkylation sites (N-methyl/N-ethyl adjacent to an activating group) is 1. The average molecular weight is 503 g/mol. The van der Waals surface area contributed by atoms with Gasteiger partial charge in [-0.15, -0.1) is 0 Å². The van der Waals surface area contributed by atoms with E-state index < -0.39 is 0 Å². The van der Waals surface area contributed by atoms with Crippen LogP contribution in [0.1, 0.15) is 74.9 Å². The summed E-state index contributed by atoms with van der Waals surface area (Å²) in [5.41, 5.74) is 13.3. The van der Waals surface area contributed by atoms with Crippen LogP contribution in [0.15, 0.2) is 108 Å². The van der Waals surface area contributed by atoms with Crippen molar-refractivity contribution >= 4 is 17.2 Å². The SMILES string of the molecule is CC/C(C)=C(/CN1C(C)=C(c2ccccc2)C(c2ccccc2)N1C)c1ccc(C)c(/C=C\C=C(C)C)c1. The van der Waals surface area contributed by atoms with E-state index in [1.165, 1.54) is 55.8 Å². The molecule has 196 valence electrons. The Morgan fingerprint density at radius 3 is 2.16 bits per heavy atom. The highest BCUT2D eigenvalue weighted by Crippen LogP contribution is 2.45. The molecular weight excluding hydrogens is 460 g/mol. The molecule has 1 unspecified atom stereocenters. The topological polar surface area (TPSA) is 6.48 Å². The fraction of sp³-hybridized carbons (Fsp3) is 0.278. The Morgan fingerprint density at radius 1 is 0.868 bits per heavy atom. The van der Waals surface area contributed by atoms with Crippen molar-refractivity contribution in [1.29, 1.82) is 0 Å². The first-order chi connectivity index (χ1) is 18.3. The normalized spacial score (nSPS) is 16.8. The van der Waals surface area contributed by atoms with Gasteiger partial charge in [0.05, 0.1) is 12.6 Å². The van der Waals surface area contributed by atoms with E-state index in [9.17, 15) is 0 Å². The Balaban J connectivity index is 1.77. The number of rotatable bonds is 8. The zero-order chi connectivity index (χ0) is 27.2. The van der Waals surface area contributed by atoms with Crippen LogP contribution in [0.3, 0.4) is 0 Å². The Kier molecular flexibility index (Phi) is 8.86. The van der Waals surface area contributed by atoms with E-state index in [-0.39, 0.29) is 6.04 Å². The van der Waals surface area contributed by atoms with Gasteiger partial charge in [0.1, 0.15) is 0 Å². The molecule has 38 heavy (non-hydrogen) atoms. The van der Waals surface area contributed by atoms with Crippen molar-refractivity contribution < 1.29 is 0 Å². The molecule has 1 atom stereocenters. The molecule has 3 aromatic rings. The second-order valence-corrected chi connectivity index (χ2v) is 10.6. The van der Waals surface area contributed by atoms with Gasteiger partial charge in [0.25, 0.3) is 0 Å². The third-order valence-corrected chi connectivity index (χ3v) is 7.69. The molecule has 4 rings (SSSR count). The smallest absolute Gasteiger partial charge is 0.0812 e. The Morgan fingerprint density at radius 2 is 1.53 bits per heavy atom. The summed E-state index contributed by atoms with van der Waals surface area (Å²) in [6.07, 6.45) is 7.59. The summed E-state index contributed by atoms with van der Waals surface area (Å²) in [5.74, 6) is 0. The average Bonchev–Trinajstić information content (AvgIpc) is 3.17. The predicted octanol–water partition coefficient (Wildman–Crippen LogP) is 9.49. The zero-order valence-corrected chi connectivity index (χ0v) is 24.1. The Hall–Kier alpha value is -3.62. The maximum absolute atomic E-state index is 2.48. The van der Waals surface area contributed by atoms with Crippen LogP contribution in [-0.2, 0) is 0 Å². The Labute approximate surface area is 230 Å². The maximum Gasteiger partial charge on any atom is 0.0812 e. The van der Waals surface area contributed by atoms with Crippen molar-refractivity contribution in [2.24, 2.45) is 0 Å². The molecule has 0 aromatic heterocycles. The largest absolute Gasteiger partial charge is 0.305 e. The lowest BCUT2D eigenvalue weighted by Gasteiger charge is -2.34. The number of hydrazine groups is 1. The molecule has 0 saturated heterocycles. The standard InChI is InChI=1S/C36H42N2/c1-8-27(4)34(33-23-22-28(5)32(24-33)21-15-16-26(2)3)25-38-29(6)35(30-17-11-9-12-18-30)36(37(38)7)31-19-13-10-14-20-31/h9-24,36H,8,25H2,1-7H3/b21-15-,34-27-. The summed E-state index contributed by atoms with van der Waals surface area (Å²) in [6.45, 7) is 14.1. The zero-order valence-electron chi connectivity index (χ0n) is 24.1. The predicted molar refractivity (Wildman–Crippen MR) is 165 cm³/mol. The number of hydrogen-bond donors (Lipinski definition) is 0. The summed E-state index contributed by atoms with van der Waals surface area (Å²) in [7, 11) is 2.23. The molecule has 0 amide bonds. The van der Waals surface area contributed by atoms with E-state index in [0.29, 0.717) is 0 Å². The van der Waals surface area contributed by atoms with Gasteiger partial charge in [-0.05, 0) is 80.5 Å². The molecule has 1 heterocycles. The molecule has 2 nitrogen and oxygen atoms in total.